The van der Waals surface area contributed by atoms with Crippen molar-refractivity contribution in [3.8, 4) is 0 Å². The number of hydrogen-bond donors (Lipinski definition) is 2. The van der Waals surface area contributed by atoms with Crippen molar-refractivity contribution in [2.24, 2.45) is 0 Å². The number of carboxylic acids is 1. The summed E-state index contributed by atoms with van der Waals surface area (Å²) in [6, 6.07) is -1.11. The van der Waals surface area contributed by atoms with Crippen molar-refractivity contribution in [2.45, 2.75) is 18.9 Å². The lowest BCUT2D eigenvalue weighted by atomic mass is 10.1. The predicted octanol–water partition coefficient (Wildman–Crippen LogP) is -0.180. The molecular weight excluding hydrogens is 282 g/mol. The molecule has 112 valence electrons. The SMILES string of the molecule is O=C(O)CC1C(=O)NCCN1C(=O)N1CCCSCC1. The van der Waals surface area contributed by atoms with Crippen molar-refractivity contribution in [1.82, 2.24) is 15.1 Å². The van der Waals surface area contributed by atoms with E-state index in [0.717, 1.165) is 17.9 Å². The second-order valence-electron chi connectivity index (χ2n) is 4.83. The summed E-state index contributed by atoms with van der Waals surface area (Å²) >= 11 is 1.81. The highest BCUT2D eigenvalue weighted by molar-refractivity contribution is 7.99. The normalized spacial score (nSPS) is 24.0. The lowest BCUT2D eigenvalue weighted by Crippen LogP contribution is -2.60. The molecule has 0 aliphatic carbocycles. The third kappa shape index (κ3) is 3.56. The van der Waals surface area contributed by atoms with Crippen LogP contribution in [0.5, 0.6) is 0 Å². The third-order valence-electron chi connectivity index (χ3n) is 3.44. The summed E-state index contributed by atoms with van der Waals surface area (Å²) in [5, 5.41) is 11.5. The van der Waals surface area contributed by atoms with Crippen LogP contribution in [-0.2, 0) is 9.59 Å². The van der Waals surface area contributed by atoms with Crippen molar-refractivity contribution < 1.29 is 19.5 Å². The highest BCUT2D eigenvalue weighted by Crippen LogP contribution is 2.16. The van der Waals surface area contributed by atoms with Crippen LogP contribution in [0.1, 0.15) is 12.8 Å². The highest BCUT2D eigenvalue weighted by atomic mass is 32.2. The first-order chi connectivity index (χ1) is 9.59. The average molecular weight is 301 g/mol. The average Bonchev–Trinajstić information content (AvgIpc) is 2.69. The van der Waals surface area contributed by atoms with Crippen molar-refractivity contribution >= 4 is 29.7 Å². The number of carboxylic acid groups (broad SMARTS) is 1. The van der Waals surface area contributed by atoms with E-state index in [0.29, 0.717) is 26.2 Å². The molecule has 0 aromatic heterocycles. The van der Waals surface area contributed by atoms with E-state index in [-0.39, 0.29) is 18.4 Å². The minimum absolute atomic E-state index is 0.214. The van der Waals surface area contributed by atoms with Gasteiger partial charge in [0.2, 0.25) is 5.91 Å². The smallest absolute Gasteiger partial charge is 0.320 e. The minimum atomic E-state index is -1.07. The van der Waals surface area contributed by atoms with Gasteiger partial charge in [-0.15, -0.1) is 0 Å². The molecule has 1 atom stereocenters. The van der Waals surface area contributed by atoms with Gasteiger partial charge in [-0.25, -0.2) is 4.79 Å². The topological polar surface area (TPSA) is 89.9 Å². The maximum Gasteiger partial charge on any atom is 0.320 e. The molecule has 0 bridgehead atoms. The molecule has 0 radical (unpaired) electrons. The van der Waals surface area contributed by atoms with E-state index in [4.69, 9.17) is 5.11 Å². The van der Waals surface area contributed by atoms with E-state index >= 15 is 0 Å². The van der Waals surface area contributed by atoms with Gasteiger partial charge in [0.25, 0.3) is 0 Å². The minimum Gasteiger partial charge on any atom is -0.481 e. The van der Waals surface area contributed by atoms with Gasteiger partial charge < -0.3 is 20.2 Å². The zero-order valence-corrected chi connectivity index (χ0v) is 12.0. The number of nitrogens with zero attached hydrogens (tertiary/aromatic N) is 2. The third-order valence-corrected chi connectivity index (χ3v) is 4.49. The molecule has 8 heteroatoms. The fourth-order valence-corrected chi connectivity index (χ4v) is 3.32. The maximum atomic E-state index is 12.5. The van der Waals surface area contributed by atoms with Crippen LogP contribution in [-0.4, -0.2) is 76.5 Å². The number of rotatable bonds is 2. The summed E-state index contributed by atoms with van der Waals surface area (Å²) in [5.41, 5.74) is 0. The molecule has 1 unspecified atom stereocenters. The Morgan fingerprint density at radius 2 is 2.10 bits per heavy atom. The molecule has 2 rings (SSSR count). The number of urea groups is 1. The Balaban J connectivity index is 2.07. The lowest BCUT2D eigenvalue weighted by molar-refractivity contribution is -0.142. The Morgan fingerprint density at radius 1 is 1.30 bits per heavy atom. The molecule has 0 saturated carbocycles. The summed E-state index contributed by atoms with van der Waals surface area (Å²) in [6.45, 7) is 2.07. The molecule has 3 amide bonds. The van der Waals surface area contributed by atoms with E-state index in [1.807, 2.05) is 11.8 Å². The van der Waals surface area contributed by atoms with E-state index in [2.05, 4.69) is 5.32 Å². The Hall–Kier alpha value is -1.44. The van der Waals surface area contributed by atoms with Crippen LogP contribution in [0.25, 0.3) is 0 Å². The summed E-state index contributed by atoms with van der Waals surface area (Å²) in [4.78, 5) is 38.3. The number of hydrogen-bond acceptors (Lipinski definition) is 4. The lowest BCUT2D eigenvalue weighted by Gasteiger charge is -2.37. The molecule has 0 spiro atoms. The van der Waals surface area contributed by atoms with Crippen molar-refractivity contribution in [3.63, 3.8) is 0 Å². The highest BCUT2D eigenvalue weighted by Gasteiger charge is 2.36. The number of thioether (sulfide) groups is 1. The van der Waals surface area contributed by atoms with Gasteiger partial charge in [-0.1, -0.05) is 0 Å². The number of amides is 3. The van der Waals surface area contributed by atoms with Gasteiger partial charge >= 0.3 is 12.0 Å². The Bertz CT molecular complexity index is 396. The Labute approximate surface area is 121 Å². The first-order valence-electron chi connectivity index (χ1n) is 6.72. The van der Waals surface area contributed by atoms with E-state index in [1.54, 1.807) is 4.90 Å². The van der Waals surface area contributed by atoms with Crippen LogP contribution in [0.15, 0.2) is 0 Å². The molecule has 2 N–H and O–H groups in total. The molecule has 2 aliphatic heterocycles. The fourth-order valence-electron chi connectivity index (χ4n) is 2.43. The number of piperazine rings is 1. The largest absolute Gasteiger partial charge is 0.481 e. The standard InChI is InChI=1S/C12H19N3O4S/c16-10(17)8-9-11(18)13-2-4-15(9)12(19)14-3-1-6-20-7-5-14/h9H,1-8H2,(H,13,18)(H,16,17). The fraction of sp³-hybridized carbons (Fsp3) is 0.750. The van der Waals surface area contributed by atoms with Crippen molar-refractivity contribution in [1.29, 1.82) is 0 Å². The van der Waals surface area contributed by atoms with Gasteiger partial charge in [-0.2, -0.15) is 11.8 Å². The number of aliphatic carboxylic acids is 1. The van der Waals surface area contributed by atoms with Gasteiger partial charge in [0.05, 0.1) is 6.42 Å². The van der Waals surface area contributed by atoms with Crippen LogP contribution in [0.2, 0.25) is 0 Å². The summed E-state index contributed by atoms with van der Waals surface area (Å²) in [6.07, 6.45) is 0.584. The van der Waals surface area contributed by atoms with Gasteiger partial charge in [0, 0.05) is 31.9 Å². The maximum absolute atomic E-state index is 12.5. The summed E-state index contributed by atoms with van der Waals surface area (Å²) in [5.74, 6) is 0.463. The van der Waals surface area contributed by atoms with Gasteiger partial charge in [0.1, 0.15) is 6.04 Å². The first-order valence-corrected chi connectivity index (χ1v) is 7.88. The second-order valence-corrected chi connectivity index (χ2v) is 6.06. The van der Waals surface area contributed by atoms with Crippen LogP contribution >= 0.6 is 11.8 Å². The van der Waals surface area contributed by atoms with Crippen molar-refractivity contribution in [3.05, 3.63) is 0 Å². The zero-order valence-electron chi connectivity index (χ0n) is 11.2. The zero-order chi connectivity index (χ0) is 14.5. The van der Waals surface area contributed by atoms with Gasteiger partial charge in [0.15, 0.2) is 0 Å². The molecule has 20 heavy (non-hydrogen) atoms. The molecular formula is C12H19N3O4S. The number of carbonyl (C=O) groups excluding carboxylic acids is 2. The van der Waals surface area contributed by atoms with Gasteiger partial charge in [-0.05, 0) is 12.2 Å². The monoisotopic (exact) mass is 301 g/mol. The molecule has 2 aliphatic rings. The van der Waals surface area contributed by atoms with E-state index in [1.165, 1.54) is 4.90 Å². The molecule has 2 fully saturated rings. The summed E-state index contributed by atoms with van der Waals surface area (Å²) in [7, 11) is 0. The number of nitrogens with one attached hydrogen (secondary N) is 1. The van der Waals surface area contributed by atoms with Crippen LogP contribution in [0.3, 0.4) is 0 Å². The Kier molecular flexibility index (Phi) is 5.11. The molecule has 7 nitrogen and oxygen atoms in total. The van der Waals surface area contributed by atoms with Crippen LogP contribution in [0, 0.1) is 0 Å². The molecule has 2 saturated heterocycles. The molecule has 0 aromatic carbocycles. The van der Waals surface area contributed by atoms with Crippen LogP contribution < -0.4 is 5.32 Å². The second kappa shape index (κ2) is 6.83. The quantitative estimate of drug-likeness (QED) is 0.738. The van der Waals surface area contributed by atoms with Crippen LogP contribution in [0.4, 0.5) is 4.79 Å². The van der Waals surface area contributed by atoms with Crippen molar-refractivity contribution in [2.75, 3.05) is 37.7 Å². The summed E-state index contributed by atoms with van der Waals surface area (Å²) < 4.78 is 0. The molecule has 0 aromatic rings. The predicted molar refractivity (Wildman–Crippen MR) is 74.7 cm³/mol. The van der Waals surface area contributed by atoms with Gasteiger partial charge in [-0.3, -0.25) is 9.59 Å². The van der Waals surface area contributed by atoms with E-state index < -0.39 is 12.0 Å². The van der Waals surface area contributed by atoms with E-state index in [9.17, 15) is 14.4 Å². The Morgan fingerprint density at radius 3 is 2.85 bits per heavy atom. The first kappa shape index (κ1) is 15.0. The molecule has 2 heterocycles. The number of carbonyl (C=O) groups is 3.